The van der Waals surface area contributed by atoms with Crippen molar-refractivity contribution in [3.8, 4) is 0 Å². The molecule has 0 aromatic carbocycles. The summed E-state index contributed by atoms with van der Waals surface area (Å²) in [6.45, 7) is 6.80. The van der Waals surface area contributed by atoms with E-state index in [-0.39, 0.29) is 5.54 Å². The fraction of sp³-hybridized carbons (Fsp3) is 0.812. The summed E-state index contributed by atoms with van der Waals surface area (Å²) in [5.74, 6) is 0. The lowest BCUT2D eigenvalue weighted by Gasteiger charge is -2.31. The lowest BCUT2D eigenvalue weighted by molar-refractivity contribution is 0.224. The van der Waals surface area contributed by atoms with Crippen molar-refractivity contribution in [3.63, 3.8) is 0 Å². The molecule has 1 aromatic rings. The monoisotopic (exact) mass is 440 g/mol. The van der Waals surface area contributed by atoms with E-state index < -0.39 is 0 Å². The molecular weight excluding hydrogens is 415 g/mol. The minimum atomic E-state index is 0.0384. The Morgan fingerprint density at radius 3 is 2.10 bits per heavy atom. The molecule has 0 aliphatic heterocycles. The first-order chi connectivity index (χ1) is 9.96. The molecule has 2 nitrogen and oxygen atoms in total. The summed E-state index contributed by atoms with van der Waals surface area (Å²) >= 11 is 13.3. The molecule has 0 bridgehead atoms. The first kappa shape index (κ1) is 19.5. The average molecular weight is 443 g/mol. The molecule has 1 aromatic heterocycles. The molecule has 0 aliphatic rings. The zero-order chi connectivity index (χ0) is 15.9. The minimum Gasteiger partial charge on any atom is -0.250 e. The molecule has 0 aliphatic carbocycles. The van der Waals surface area contributed by atoms with E-state index in [9.17, 15) is 0 Å². The van der Waals surface area contributed by atoms with E-state index in [1.165, 1.54) is 44.9 Å². The summed E-state index contributed by atoms with van der Waals surface area (Å²) in [7, 11) is 0. The van der Waals surface area contributed by atoms with Crippen LogP contribution in [0.2, 0.25) is 5.02 Å². The number of hydrogen-bond donors (Lipinski definition) is 0. The number of nitrogens with zero attached hydrogens (tertiary/aromatic N) is 2. The van der Waals surface area contributed by atoms with Gasteiger partial charge < -0.3 is 0 Å². The molecule has 1 unspecified atom stereocenters. The van der Waals surface area contributed by atoms with Gasteiger partial charge in [-0.2, -0.15) is 5.10 Å². The van der Waals surface area contributed by atoms with Gasteiger partial charge in [0, 0.05) is 0 Å². The van der Waals surface area contributed by atoms with Gasteiger partial charge in [-0.15, -0.1) is 0 Å². The van der Waals surface area contributed by atoms with E-state index in [1.807, 2.05) is 0 Å². The maximum Gasteiger partial charge on any atom is 0.147 e. The van der Waals surface area contributed by atoms with Crippen LogP contribution in [-0.4, -0.2) is 9.78 Å². The Bertz CT molecular complexity index is 434. The average Bonchev–Trinajstić information content (AvgIpc) is 2.73. The van der Waals surface area contributed by atoms with Gasteiger partial charge in [0.05, 0.1) is 5.54 Å². The van der Waals surface area contributed by atoms with Gasteiger partial charge in [-0.1, -0.05) is 70.4 Å². The highest BCUT2D eigenvalue weighted by molar-refractivity contribution is 9.11. The molecule has 122 valence electrons. The third kappa shape index (κ3) is 5.54. The topological polar surface area (TPSA) is 17.8 Å². The summed E-state index contributed by atoms with van der Waals surface area (Å²) in [6.07, 6.45) is 11.2. The van der Waals surface area contributed by atoms with Crippen molar-refractivity contribution >= 4 is 43.5 Å². The van der Waals surface area contributed by atoms with Crippen LogP contribution in [-0.2, 0) is 5.54 Å². The summed E-state index contributed by atoms with van der Waals surface area (Å²) in [6, 6.07) is 0. The molecule has 0 fully saturated rings. The van der Waals surface area contributed by atoms with Gasteiger partial charge in [-0.3, -0.25) is 0 Å². The van der Waals surface area contributed by atoms with Crippen LogP contribution in [0.5, 0.6) is 0 Å². The molecule has 0 N–H and O–H groups in total. The lowest BCUT2D eigenvalue weighted by atomic mass is 9.88. The van der Waals surface area contributed by atoms with E-state index in [2.05, 4.69) is 62.4 Å². The SMILES string of the molecule is CCCCCCCC(C)(CCCC)n1nc(Br)c(Cl)c1Br. The van der Waals surface area contributed by atoms with Crippen molar-refractivity contribution in [2.45, 2.75) is 84.1 Å². The molecule has 5 heteroatoms. The molecule has 1 heterocycles. The largest absolute Gasteiger partial charge is 0.250 e. The first-order valence-electron chi connectivity index (χ1n) is 8.06. The van der Waals surface area contributed by atoms with Crippen LogP contribution in [0.25, 0.3) is 0 Å². The van der Waals surface area contributed by atoms with Gasteiger partial charge >= 0.3 is 0 Å². The Kier molecular flexibility index (Phi) is 8.89. The third-order valence-electron chi connectivity index (χ3n) is 4.14. The maximum atomic E-state index is 6.26. The number of halogens is 3. The number of rotatable bonds is 10. The fourth-order valence-corrected chi connectivity index (χ4v) is 4.14. The van der Waals surface area contributed by atoms with Gasteiger partial charge in [0.15, 0.2) is 0 Å². The van der Waals surface area contributed by atoms with Crippen LogP contribution in [0.4, 0.5) is 0 Å². The summed E-state index contributed by atoms with van der Waals surface area (Å²) in [5.41, 5.74) is 0.0384. The predicted molar refractivity (Wildman–Crippen MR) is 99.2 cm³/mol. The second-order valence-electron chi connectivity index (χ2n) is 6.07. The number of aromatic nitrogens is 2. The molecule has 0 spiro atoms. The Labute approximate surface area is 151 Å². The van der Waals surface area contributed by atoms with Gasteiger partial charge in [0.25, 0.3) is 0 Å². The zero-order valence-electron chi connectivity index (χ0n) is 13.4. The molecule has 0 saturated heterocycles. The van der Waals surface area contributed by atoms with Gasteiger partial charge in [0.2, 0.25) is 0 Å². The highest BCUT2D eigenvalue weighted by Gasteiger charge is 2.30. The summed E-state index contributed by atoms with van der Waals surface area (Å²) in [4.78, 5) is 0. The molecule has 1 atom stereocenters. The van der Waals surface area contributed by atoms with Crippen molar-refractivity contribution in [2.75, 3.05) is 0 Å². The Balaban J connectivity index is 2.79. The van der Waals surface area contributed by atoms with Crippen molar-refractivity contribution in [1.29, 1.82) is 0 Å². The Hall–Kier alpha value is 0.460. The minimum absolute atomic E-state index is 0.0384. The molecule has 1 rings (SSSR count). The van der Waals surface area contributed by atoms with Gasteiger partial charge in [-0.05, 0) is 51.6 Å². The van der Waals surface area contributed by atoms with Crippen LogP contribution >= 0.6 is 43.5 Å². The molecular formula is C16H27Br2ClN2. The summed E-state index contributed by atoms with van der Waals surface area (Å²) < 4.78 is 3.70. The molecule has 0 radical (unpaired) electrons. The van der Waals surface area contributed by atoms with Crippen molar-refractivity contribution in [3.05, 3.63) is 14.2 Å². The standard InChI is InChI=1S/C16H27Br2ClN2/c1-4-6-8-9-10-12-16(3,11-7-5-2)21-15(18)13(19)14(17)20-21/h4-12H2,1-3H3. The second-order valence-corrected chi connectivity index (χ2v) is 7.95. The van der Waals surface area contributed by atoms with Gasteiger partial charge in [-0.25, -0.2) is 4.68 Å². The quantitative estimate of drug-likeness (QED) is 0.347. The van der Waals surface area contributed by atoms with Crippen LogP contribution in [0.3, 0.4) is 0 Å². The van der Waals surface area contributed by atoms with Crippen molar-refractivity contribution in [1.82, 2.24) is 9.78 Å². The third-order valence-corrected chi connectivity index (χ3v) is 6.24. The van der Waals surface area contributed by atoms with E-state index in [4.69, 9.17) is 11.6 Å². The molecule has 0 amide bonds. The van der Waals surface area contributed by atoms with E-state index >= 15 is 0 Å². The smallest absolute Gasteiger partial charge is 0.147 e. The van der Waals surface area contributed by atoms with Crippen molar-refractivity contribution < 1.29 is 0 Å². The van der Waals surface area contributed by atoms with Crippen LogP contribution in [0, 0.1) is 0 Å². The van der Waals surface area contributed by atoms with Crippen LogP contribution in [0.15, 0.2) is 9.21 Å². The Morgan fingerprint density at radius 1 is 1.00 bits per heavy atom. The van der Waals surface area contributed by atoms with Crippen LogP contribution in [0.1, 0.15) is 78.6 Å². The van der Waals surface area contributed by atoms with Gasteiger partial charge in [0.1, 0.15) is 14.2 Å². The second kappa shape index (κ2) is 9.57. The summed E-state index contributed by atoms with van der Waals surface area (Å²) in [5, 5.41) is 5.27. The Morgan fingerprint density at radius 2 is 1.57 bits per heavy atom. The van der Waals surface area contributed by atoms with E-state index in [0.717, 1.165) is 22.0 Å². The number of hydrogen-bond acceptors (Lipinski definition) is 1. The van der Waals surface area contributed by atoms with Crippen LogP contribution < -0.4 is 0 Å². The fourth-order valence-electron chi connectivity index (χ4n) is 2.72. The lowest BCUT2D eigenvalue weighted by Crippen LogP contribution is -2.31. The van der Waals surface area contributed by atoms with E-state index in [0.29, 0.717) is 5.02 Å². The maximum absolute atomic E-state index is 6.26. The van der Waals surface area contributed by atoms with Crippen molar-refractivity contribution in [2.24, 2.45) is 0 Å². The zero-order valence-corrected chi connectivity index (χ0v) is 17.3. The van der Waals surface area contributed by atoms with E-state index in [1.54, 1.807) is 0 Å². The molecule has 21 heavy (non-hydrogen) atoms. The normalized spacial score (nSPS) is 14.4. The first-order valence-corrected chi connectivity index (χ1v) is 10.0. The molecule has 0 saturated carbocycles. The highest BCUT2D eigenvalue weighted by Crippen LogP contribution is 2.38. The highest BCUT2D eigenvalue weighted by atomic mass is 79.9. The predicted octanol–water partition coefficient (Wildman–Crippen LogP) is 7.33. The number of unbranched alkanes of at least 4 members (excludes halogenated alkanes) is 5.